The predicted octanol–water partition coefficient (Wildman–Crippen LogP) is 5.52. The summed E-state index contributed by atoms with van der Waals surface area (Å²) in [5.74, 6) is -0.932. The number of pyridine rings is 1. The number of hydrazine groups is 1. The van der Waals surface area contributed by atoms with Crippen LogP contribution in [-0.2, 0) is 32.0 Å². The molecule has 1 saturated heterocycles. The lowest BCUT2D eigenvalue weighted by atomic mass is 9.85. The number of amides is 3. The lowest BCUT2D eigenvalue weighted by molar-refractivity contribution is -0.274. The number of alkyl carbamates (subject to hydrolysis) is 1. The van der Waals surface area contributed by atoms with Crippen LogP contribution >= 0.6 is 0 Å². The van der Waals surface area contributed by atoms with Crippen LogP contribution in [-0.4, -0.2) is 90.2 Å². The Bertz CT molecular complexity index is 1720. The van der Waals surface area contributed by atoms with Gasteiger partial charge in [0.15, 0.2) is 0 Å². The lowest BCUT2D eigenvalue weighted by Crippen LogP contribution is -2.59. The summed E-state index contributed by atoms with van der Waals surface area (Å²) in [6.45, 7) is 5.23. The Hall–Kier alpha value is -4.93. The minimum absolute atomic E-state index is 0.0292. The first kappa shape index (κ1) is 41.2. The number of aliphatic hydroxyl groups excluding tert-OH is 1. The minimum atomic E-state index is -4.87. The number of hydrogen-bond acceptors (Lipinski definition) is 10. The molecule has 0 bridgehead atoms. The standard InChI is InChI=1S/C39H48F3N5O8/c1-38(2,3)34(45-36(50)52-4)35(49)44-30(19-24-10-14-26(15-11-24)27-7-6-18-43-20-27)31(48)22-47(21-25-12-16-28(17-13-25)55-39(40,41)42)46-37(51)54-33-23-53-32-9-5-8-29(32)33/h6-7,10-18,20,29-34,48H,5,8-9,19,21-23H2,1-4H3,(H,44,49)(H,45,50)(H,46,51). The summed E-state index contributed by atoms with van der Waals surface area (Å²) in [5.41, 5.74) is 4.97. The number of benzene rings is 2. The number of carbonyl (C=O) groups excluding carboxylic acids is 3. The second kappa shape index (κ2) is 18.1. The van der Waals surface area contributed by atoms with E-state index in [-0.39, 0.29) is 38.1 Å². The molecule has 6 unspecified atom stereocenters. The molecule has 2 heterocycles. The molecule has 0 radical (unpaired) electrons. The van der Waals surface area contributed by atoms with Crippen molar-refractivity contribution in [2.45, 2.75) is 89.8 Å². The van der Waals surface area contributed by atoms with Crippen molar-refractivity contribution >= 4 is 18.1 Å². The average molecular weight is 772 g/mol. The zero-order chi connectivity index (χ0) is 39.8. The van der Waals surface area contributed by atoms with Crippen LogP contribution in [0.3, 0.4) is 0 Å². The van der Waals surface area contributed by atoms with E-state index in [1.807, 2.05) is 36.4 Å². The van der Waals surface area contributed by atoms with Gasteiger partial charge < -0.3 is 34.7 Å². The molecule has 0 spiro atoms. The van der Waals surface area contributed by atoms with Gasteiger partial charge in [-0.15, -0.1) is 13.2 Å². The third kappa shape index (κ3) is 12.0. The summed E-state index contributed by atoms with van der Waals surface area (Å²) in [6, 6.07) is 14.3. The topological polar surface area (TPSA) is 161 Å². The van der Waals surface area contributed by atoms with Crippen molar-refractivity contribution in [3.63, 3.8) is 0 Å². The first-order valence-corrected chi connectivity index (χ1v) is 18.1. The van der Waals surface area contributed by atoms with E-state index in [2.05, 4.69) is 25.8 Å². The molecular formula is C39H48F3N5O8. The number of rotatable bonds is 14. The van der Waals surface area contributed by atoms with E-state index in [1.54, 1.807) is 33.2 Å². The number of nitrogens with zero attached hydrogens (tertiary/aromatic N) is 2. The average Bonchev–Trinajstić information content (AvgIpc) is 3.75. The van der Waals surface area contributed by atoms with Crippen LogP contribution in [0.5, 0.6) is 5.75 Å². The zero-order valence-electron chi connectivity index (χ0n) is 31.2. The number of ether oxygens (including phenoxy) is 4. The van der Waals surface area contributed by atoms with E-state index in [0.717, 1.165) is 48.1 Å². The Morgan fingerprint density at radius 3 is 2.31 bits per heavy atom. The fourth-order valence-corrected chi connectivity index (χ4v) is 6.89. The van der Waals surface area contributed by atoms with E-state index in [0.29, 0.717) is 5.56 Å². The summed E-state index contributed by atoms with van der Waals surface area (Å²) in [6.07, 6.45) is -1.99. The molecule has 298 valence electrons. The van der Waals surface area contributed by atoms with Gasteiger partial charge in [0.25, 0.3) is 0 Å². The number of nitrogens with one attached hydrogen (secondary N) is 3. The zero-order valence-corrected chi connectivity index (χ0v) is 31.2. The van der Waals surface area contributed by atoms with Gasteiger partial charge >= 0.3 is 18.5 Å². The largest absolute Gasteiger partial charge is 0.573 e. The number of methoxy groups -OCH3 is 1. The summed E-state index contributed by atoms with van der Waals surface area (Å²) in [4.78, 5) is 43.6. The number of carbonyl (C=O) groups is 3. The van der Waals surface area contributed by atoms with Crippen LogP contribution in [0.1, 0.15) is 51.2 Å². The van der Waals surface area contributed by atoms with Gasteiger partial charge in [-0.25, -0.2) is 14.6 Å². The van der Waals surface area contributed by atoms with Gasteiger partial charge in [-0.2, -0.15) is 0 Å². The van der Waals surface area contributed by atoms with E-state index in [1.165, 1.54) is 24.3 Å². The predicted molar refractivity (Wildman–Crippen MR) is 194 cm³/mol. The molecule has 13 nitrogen and oxygen atoms in total. The van der Waals surface area contributed by atoms with Gasteiger partial charge in [-0.05, 0) is 65.1 Å². The third-order valence-corrected chi connectivity index (χ3v) is 9.67. The van der Waals surface area contributed by atoms with E-state index in [4.69, 9.17) is 14.2 Å². The molecule has 16 heteroatoms. The van der Waals surface area contributed by atoms with Crippen LogP contribution < -0.4 is 20.8 Å². The monoisotopic (exact) mass is 771 g/mol. The Morgan fingerprint density at radius 1 is 0.964 bits per heavy atom. The van der Waals surface area contributed by atoms with Crippen LogP contribution in [0, 0.1) is 11.3 Å². The first-order chi connectivity index (χ1) is 26.1. The maximum Gasteiger partial charge on any atom is 0.573 e. The molecule has 3 aromatic rings. The molecule has 2 aliphatic rings. The molecule has 2 fully saturated rings. The maximum absolute atomic E-state index is 13.8. The van der Waals surface area contributed by atoms with Gasteiger partial charge in [-0.3, -0.25) is 15.2 Å². The van der Waals surface area contributed by atoms with E-state index in [9.17, 15) is 32.7 Å². The second-order valence-corrected chi connectivity index (χ2v) is 14.9. The minimum Gasteiger partial charge on any atom is -0.453 e. The molecule has 1 aromatic heterocycles. The van der Waals surface area contributed by atoms with Gasteiger partial charge in [-0.1, -0.05) is 69.7 Å². The number of aliphatic hydroxyl groups is 1. The lowest BCUT2D eigenvalue weighted by Gasteiger charge is -2.34. The molecule has 5 rings (SSSR count). The fourth-order valence-electron chi connectivity index (χ4n) is 6.89. The van der Waals surface area contributed by atoms with Gasteiger partial charge in [0.2, 0.25) is 5.91 Å². The van der Waals surface area contributed by atoms with Crippen LogP contribution in [0.15, 0.2) is 73.1 Å². The highest BCUT2D eigenvalue weighted by Crippen LogP contribution is 2.37. The molecule has 3 amide bonds. The Kier molecular flexibility index (Phi) is 13.6. The molecule has 1 saturated carbocycles. The van der Waals surface area contributed by atoms with Crippen molar-refractivity contribution in [3.05, 3.63) is 84.2 Å². The summed E-state index contributed by atoms with van der Waals surface area (Å²) in [7, 11) is 1.18. The number of aromatic nitrogens is 1. The van der Waals surface area contributed by atoms with E-state index >= 15 is 0 Å². The number of fused-ring (bicyclic) bond motifs is 1. The molecule has 4 N–H and O–H groups in total. The second-order valence-electron chi connectivity index (χ2n) is 14.9. The van der Waals surface area contributed by atoms with Crippen molar-refractivity contribution in [1.82, 2.24) is 26.1 Å². The van der Waals surface area contributed by atoms with Crippen LogP contribution in [0.2, 0.25) is 0 Å². The highest BCUT2D eigenvalue weighted by Gasteiger charge is 2.43. The SMILES string of the molecule is COC(=O)NC(C(=O)NC(Cc1ccc(-c2cccnc2)cc1)C(O)CN(Cc1ccc(OC(F)(F)F)cc1)NC(=O)OC1COC2CCCC21)C(C)(C)C. The number of halogens is 3. The summed E-state index contributed by atoms with van der Waals surface area (Å²) in [5, 5.41) is 18.7. The Balaban J connectivity index is 1.38. The van der Waals surface area contributed by atoms with Crippen LogP contribution in [0.25, 0.3) is 11.1 Å². The molecule has 55 heavy (non-hydrogen) atoms. The maximum atomic E-state index is 13.8. The van der Waals surface area contributed by atoms with Crippen molar-refractivity contribution in [2.75, 3.05) is 20.3 Å². The van der Waals surface area contributed by atoms with Gasteiger partial charge in [0.1, 0.15) is 17.9 Å². The third-order valence-electron chi connectivity index (χ3n) is 9.67. The quantitative estimate of drug-likeness (QED) is 0.154. The van der Waals surface area contributed by atoms with Crippen LogP contribution in [0.4, 0.5) is 22.8 Å². The van der Waals surface area contributed by atoms with Crippen molar-refractivity contribution in [2.24, 2.45) is 11.3 Å². The molecule has 2 aromatic carbocycles. The Morgan fingerprint density at radius 2 is 1.67 bits per heavy atom. The smallest absolute Gasteiger partial charge is 0.453 e. The number of alkyl halides is 3. The van der Waals surface area contributed by atoms with Gasteiger partial charge in [0.05, 0.1) is 32.0 Å². The highest BCUT2D eigenvalue weighted by atomic mass is 19.4. The van der Waals surface area contributed by atoms with Crippen molar-refractivity contribution < 1.29 is 51.6 Å². The summed E-state index contributed by atoms with van der Waals surface area (Å²) >= 11 is 0. The molecular weight excluding hydrogens is 723 g/mol. The normalized spacial score (nSPS) is 19.8. The molecule has 1 aliphatic heterocycles. The first-order valence-electron chi connectivity index (χ1n) is 18.1. The fraction of sp³-hybridized carbons (Fsp3) is 0.487. The number of hydrogen-bond donors (Lipinski definition) is 4. The molecule has 1 aliphatic carbocycles. The van der Waals surface area contributed by atoms with Gasteiger partial charge in [0, 0.05) is 31.4 Å². The van der Waals surface area contributed by atoms with E-state index < -0.39 is 59.9 Å². The summed E-state index contributed by atoms with van der Waals surface area (Å²) < 4.78 is 58.8. The molecule has 6 atom stereocenters. The van der Waals surface area contributed by atoms with Crippen molar-refractivity contribution in [3.8, 4) is 16.9 Å². The highest BCUT2D eigenvalue weighted by molar-refractivity contribution is 5.86. The Labute approximate surface area is 317 Å². The van der Waals surface area contributed by atoms with Crippen molar-refractivity contribution in [1.29, 1.82) is 0 Å².